The summed E-state index contributed by atoms with van der Waals surface area (Å²) in [6.07, 6.45) is 0. The maximum Gasteiger partial charge on any atom is 0.0539 e. The number of rotatable bonds is 2. The number of nitrogens with two attached hydrogens (primary N) is 1. The standard InChI is InChI=1S/C16H27N3/c1-12-5-6-14(3)16(7-12)19-10-13(2)9-18(4)11-15(19)8-17/h5-7,13,15H,8-11,17H2,1-4H3. The quantitative estimate of drug-likeness (QED) is 0.884. The summed E-state index contributed by atoms with van der Waals surface area (Å²) in [5.74, 6) is 0.668. The zero-order valence-corrected chi connectivity index (χ0v) is 12.7. The molecule has 3 nitrogen and oxygen atoms in total. The van der Waals surface area contributed by atoms with Crippen molar-refractivity contribution in [1.29, 1.82) is 0 Å². The van der Waals surface area contributed by atoms with E-state index in [9.17, 15) is 0 Å². The van der Waals surface area contributed by atoms with Gasteiger partial charge in [0.25, 0.3) is 0 Å². The molecule has 0 amide bonds. The van der Waals surface area contributed by atoms with Crippen molar-refractivity contribution in [2.24, 2.45) is 11.7 Å². The topological polar surface area (TPSA) is 32.5 Å². The molecule has 0 aliphatic carbocycles. The molecule has 2 rings (SSSR count). The van der Waals surface area contributed by atoms with Crippen molar-refractivity contribution in [2.45, 2.75) is 26.8 Å². The van der Waals surface area contributed by atoms with Crippen LogP contribution in [0.3, 0.4) is 0 Å². The average Bonchev–Trinajstić information content (AvgIpc) is 2.50. The molecular weight excluding hydrogens is 234 g/mol. The Balaban J connectivity index is 2.35. The van der Waals surface area contributed by atoms with Gasteiger partial charge in [0.2, 0.25) is 0 Å². The zero-order chi connectivity index (χ0) is 14.0. The number of hydrogen-bond donors (Lipinski definition) is 1. The molecule has 3 heteroatoms. The average molecular weight is 261 g/mol. The molecule has 1 fully saturated rings. The van der Waals surface area contributed by atoms with E-state index in [1.807, 2.05) is 0 Å². The molecule has 1 saturated heterocycles. The maximum atomic E-state index is 6.03. The number of anilines is 1. The third-order valence-corrected chi connectivity index (χ3v) is 4.04. The lowest BCUT2D eigenvalue weighted by molar-refractivity contribution is 0.304. The summed E-state index contributed by atoms with van der Waals surface area (Å²) in [5.41, 5.74) is 10.1. The van der Waals surface area contributed by atoms with Gasteiger partial charge in [-0.2, -0.15) is 0 Å². The SMILES string of the molecule is Cc1ccc(C)c(N2CC(C)CN(C)CC2CN)c1. The van der Waals surface area contributed by atoms with Crippen LogP contribution >= 0.6 is 0 Å². The van der Waals surface area contributed by atoms with Gasteiger partial charge in [0, 0.05) is 31.9 Å². The second-order valence-corrected chi connectivity index (χ2v) is 6.16. The summed E-state index contributed by atoms with van der Waals surface area (Å²) >= 11 is 0. The van der Waals surface area contributed by atoms with Crippen LogP contribution in [-0.2, 0) is 0 Å². The van der Waals surface area contributed by atoms with Crippen molar-refractivity contribution < 1.29 is 0 Å². The van der Waals surface area contributed by atoms with Crippen LogP contribution in [0.2, 0.25) is 0 Å². The van der Waals surface area contributed by atoms with E-state index in [-0.39, 0.29) is 0 Å². The Morgan fingerprint density at radius 2 is 1.95 bits per heavy atom. The van der Waals surface area contributed by atoms with Crippen LogP contribution in [0.15, 0.2) is 18.2 Å². The van der Waals surface area contributed by atoms with Crippen molar-refractivity contribution in [3.05, 3.63) is 29.3 Å². The first kappa shape index (κ1) is 14.4. The molecule has 1 aromatic rings. The van der Waals surface area contributed by atoms with Crippen LogP contribution in [-0.4, -0.2) is 44.2 Å². The second-order valence-electron chi connectivity index (χ2n) is 6.16. The predicted molar refractivity (Wildman–Crippen MR) is 82.8 cm³/mol. The number of aryl methyl sites for hydroxylation is 2. The molecule has 2 N–H and O–H groups in total. The molecule has 1 aliphatic rings. The number of nitrogens with zero attached hydrogens (tertiary/aromatic N) is 2. The Morgan fingerprint density at radius 1 is 1.21 bits per heavy atom. The highest BCUT2D eigenvalue weighted by Gasteiger charge is 2.26. The smallest absolute Gasteiger partial charge is 0.0539 e. The highest BCUT2D eigenvalue weighted by Crippen LogP contribution is 2.26. The van der Waals surface area contributed by atoms with Gasteiger partial charge in [-0.3, -0.25) is 0 Å². The van der Waals surface area contributed by atoms with Crippen molar-refractivity contribution in [2.75, 3.05) is 38.1 Å². The minimum Gasteiger partial charge on any atom is -0.365 e. The van der Waals surface area contributed by atoms with Crippen LogP contribution in [0.1, 0.15) is 18.1 Å². The first-order valence-corrected chi connectivity index (χ1v) is 7.23. The van der Waals surface area contributed by atoms with Gasteiger partial charge in [-0.1, -0.05) is 19.1 Å². The van der Waals surface area contributed by atoms with E-state index in [0.717, 1.165) is 19.6 Å². The van der Waals surface area contributed by atoms with Gasteiger partial charge in [0.05, 0.1) is 6.04 Å². The molecule has 19 heavy (non-hydrogen) atoms. The summed E-state index contributed by atoms with van der Waals surface area (Å²) in [6.45, 7) is 10.7. The Hall–Kier alpha value is -1.06. The third-order valence-electron chi connectivity index (χ3n) is 4.04. The lowest BCUT2D eigenvalue weighted by atomic mass is 10.1. The van der Waals surface area contributed by atoms with Crippen molar-refractivity contribution in [3.8, 4) is 0 Å². The summed E-state index contributed by atoms with van der Waals surface area (Å²) in [6, 6.07) is 7.12. The van der Waals surface area contributed by atoms with E-state index in [4.69, 9.17) is 5.73 Å². The molecular formula is C16H27N3. The summed E-state index contributed by atoms with van der Waals surface area (Å²) < 4.78 is 0. The van der Waals surface area contributed by atoms with E-state index in [2.05, 4.69) is 55.8 Å². The van der Waals surface area contributed by atoms with Gasteiger partial charge in [0.1, 0.15) is 0 Å². The first-order chi connectivity index (χ1) is 9.01. The van der Waals surface area contributed by atoms with Gasteiger partial charge in [-0.15, -0.1) is 0 Å². The maximum absolute atomic E-state index is 6.03. The highest BCUT2D eigenvalue weighted by atomic mass is 15.2. The largest absolute Gasteiger partial charge is 0.365 e. The van der Waals surface area contributed by atoms with Crippen LogP contribution in [0.4, 0.5) is 5.69 Å². The number of hydrogen-bond acceptors (Lipinski definition) is 3. The van der Waals surface area contributed by atoms with E-state index < -0.39 is 0 Å². The summed E-state index contributed by atoms with van der Waals surface area (Å²) in [4.78, 5) is 4.93. The Labute approximate surface area is 117 Å². The fraction of sp³-hybridized carbons (Fsp3) is 0.625. The number of benzene rings is 1. The molecule has 0 bridgehead atoms. The van der Waals surface area contributed by atoms with Crippen LogP contribution in [0, 0.1) is 19.8 Å². The third kappa shape index (κ3) is 3.28. The van der Waals surface area contributed by atoms with Crippen LogP contribution in [0.5, 0.6) is 0 Å². The monoisotopic (exact) mass is 261 g/mol. The van der Waals surface area contributed by atoms with Crippen molar-refractivity contribution >= 4 is 5.69 Å². The van der Waals surface area contributed by atoms with Gasteiger partial charge in [-0.05, 0) is 44.0 Å². The van der Waals surface area contributed by atoms with E-state index >= 15 is 0 Å². The fourth-order valence-electron chi connectivity index (χ4n) is 3.13. The lowest BCUT2D eigenvalue weighted by Crippen LogP contribution is -2.45. The highest BCUT2D eigenvalue weighted by molar-refractivity contribution is 5.56. The summed E-state index contributed by atoms with van der Waals surface area (Å²) in [7, 11) is 2.20. The molecule has 1 aliphatic heterocycles. The number of likely N-dealkylation sites (N-methyl/N-ethyl adjacent to an activating group) is 1. The van der Waals surface area contributed by atoms with Crippen molar-refractivity contribution in [1.82, 2.24) is 4.90 Å². The van der Waals surface area contributed by atoms with E-state index in [1.165, 1.54) is 16.8 Å². The first-order valence-electron chi connectivity index (χ1n) is 7.23. The fourth-order valence-corrected chi connectivity index (χ4v) is 3.13. The van der Waals surface area contributed by atoms with Gasteiger partial charge < -0.3 is 15.5 Å². The summed E-state index contributed by atoms with van der Waals surface area (Å²) in [5, 5.41) is 0. The zero-order valence-electron chi connectivity index (χ0n) is 12.7. The van der Waals surface area contributed by atoms with Gasteiger partial charge >= 0.3 is 0 Å². The van der Waals surface area contributed by atoms with E-state index in [0.29, 0.717) is 18.5 Å². The minimum atomic E-state index is 0.412. The van der Waals surface area contributed by atoms with Gasteiger partial charge in [0.15, 0.2) is 0 Å². The molecule has 0 saturated carbocycles. The molecule has 2 unspecified atom stereocenters. The Bertz CT molecular complexity index is 430. The molecule has 1 heterocycles. The minimum absolute atomic E-state index is 0.412. The van der Waals surface area contributed by atoms with E-state index in [1.54, 1.807) is 0 Å². The normalized spacial score (nSPS) is 25.4. The Morgan fingerprint density at radius 3 is 2.63 bits per heavy atom. The predicted octanol–water partition coefficient (Wildman–Crippen LogP) is 2.02. The van der Waals surface area contributed by atoms with Crippen molar-refractivity contribution in [3.63, 3.8) is 0 Å². The van der Waals surface area contributed by atoms with Crippen LogP contribution in [0.25, 0.3) is 0 Å². The molecule has 0 aromatic heterocycles. The molecule has 0 radical (unpaired) electrons. The molecule has 2 atom stereocenters. The second kappa shape index (κ2) is 5.93. The molecule has 0 spiro atoms. The molecule has 106 valence electrons. The van der Waals surface area contributed by atoms with Gasteiger partial charge in [-0.25, -0.2) is 0 Å². The lowest BCUT2D eigenvalue weighted by Gasteiger charge is -2.34. The van der Waals surface area contributed by atoms with Crippen LogP contribution < -0.4 is 10.6 Å². The molecule has 1 aromatic carbocycles. The Kier molecular flexibility index (Phi) is 4.48.